The number of hydroxylamine groups is 1. The normalized spacial score (nSPS) is 13.6. The Bertz CT molecular complexity index is 374. The van der Waals surface area contributed by atoms with E-state index in [2.05, 4.69) is 23.7 Å². The number of nitrogens with one attached hydrogen (secondary N) is 1. The fourth-order valence-electron chi connectivity index (χ4n) is 1.82. The zero-order valence-electron chi connectivity index (χ0n) is 9.28. The molecule has 1 aromatic carbocycles. The Morgan fingerprint density at radius 1 is 1.25 bits per heavy atom. The molecule has 0 aliphatic heterocycles. The van der Waals surface area contributed by atoms with Crippen molar-refractivity contribution in [2.75, 3.05) is 13.2 Å². The first-order valence-electron chi connectivity index (χ1n) is 5.68. The Morgan fingerprint density at radius 3 is 3.00 bits per heavy atom. The molecule has 0 saturated heterocycles. The van der Waals surface area contributed by atoms with Crippen LogP contribution in [-0.2, 0) is 12.8 Å². The number of aliphatic hydroxyl groups is 1. The Kier molecular flexibility index (Phi) is 3.97. The molecule has 0 spiro atoms. The number of hydrogen-bond acceptors (Lipinski definition) is 3. The second kappa shape index (κ2) is 5.68. The average Bonchev–Trinajstić information content (AvgIpc) is 2.35. The maximum atomic E-state index is 8.65. The van der Waals surface area contributed by atoms with Gasteiger partial charge in [0, 0.05) is 18.7 Å². The molecule has 0 bridgehead atoms. The van der Waals surface area contributed by atoms with E-state index in [0.29, 0.717) is 13.0 Å². The summed E-state index contributed by atoms with van der Waals surface area (Å²) in [5.74, 6) is 0.903. The number of aliphatic hydroxyl groups excluding tert-OH is 1. The zero-order valence-corrected chi connectivity index (χ0v) is 9.28. The second-order valence-corrected chi connectivity index (χ2v) is 3.85. The molecular weight excluding hydrogens is 202 g/mol. The molecule has 2 N–H and O–H groups in total. The second-order valence-electron chi connectivity index (χ2n) is 3.85. The molecule has 1 aliphatic carbocycles. The van der Waals surface area contributed by atoms with E-state index in [0.717, 1.165) is 18.6 Å². The first-order valence-corrected chi connectivity index (χ1v) is 5.68. The largest absolute Gasteiger partial charge is 0.408 e. The van der Waals surface area contributed by atoms with E-state index in [1.807, 2.05) is 12.1 Å². The predicted molar refractivity (Wildman–Crippen MR) is 63.3 cm³/mol. The van der Waals surface area contributed by atoms with Crippen molar-refractivity contribution in [3.8, 4) is 5.75 Å². The molecule has 0 fully saturated rings. The van der Waals surface area contributed by atoms with Gasteiger partial charge in [-0.25, -0.2) is 0 Å². The molecule has 16 heavy (non-hydrogen) atoms. The first kappa shape index (κ1) is 11.2. The van der Waals surface area contributed by atoms with Crippen LogP contribution in [0.5, 0.6) is 5.75 Å². The van der Waals surface area contributed by atoms with E-state index in [-0.39, 0.29) is 6.61 Å². The minimum absolute atomic E-state index is 0.187. The van der Waals surface area contributed by atoms with Gasteiger partial charge in [0.05, 0.1) is 0 Å². The van der Waals surface area contributed by atoms with Gasteiger partial charge in [-0.15, -0.1) is 0 Å². The molecule has 86 valence electrons. The molecule has 0 saturated carbocycles. The third-order valence-electron chi connectivity index (χ3n) is 2.68. The van der Waals surface area contributed by atoms with Crippen LogP contribution >= 0.6 is 0 Å². The monoisotopic (exact) mass is 219 g/mol. The Morgan fingerprint density at radius 2 is 2.12 bits per heavy atom. The van der Waals surface area contributed by atoms with E-state index in [1.54, 1.807) is 0 Å². The molecule has 3 nitrogen and oxygen atoms in total. The summed E-state index contributed by atoms with van der Waals surface area (Å²) < 4.78 is 0. The molecule has 0 atom stereocenters. The fraction of sp³-hybridized carbons (Fsp3) is 0.385. The standard InChI is InChI=1S/C13H17NO2/c15-10-4-9-14-16-13-8-3-6-11-5-1-2-7-12(11)13/h1-3,6,8,14-15H,4-5,7,9-10H2. The number of rotatable bonds is 5. The summed E-state index contributed by atoms with van der Waals surface area (Å²) >= 11 is 0. The van der Waals surface area contributed by atoms with E-state index >= 15 is 0 Å². The summed E-state index contributed by atoms with van der Waals surface area (Å²) in [7, 11) is 0. The number of hydrogen-bond donors (Lipinski definition) is 2. The lowest BCUT2D eigenvalue weighted by Crippen LogP contribution is -2.21. The summed E-state index contributed by atoms with van der Waals surface area (Å²) in [6.45, 7) is 0.849. The quantitative estimate of drug-likeness (QED) is 0.449. The average molecular weight is 219 g/mol. The maximum Gasteiger partial charge on any atom is 0.150 e. The van der Waals surface area contributed by atoms with Gasteiger partial charge in [-0.05, 0) is 30.9 Å². The van der Waals surface area contributed by atoms with Gasteiger partial charge in [-0.3, -0.25) is 0 Å². The lowest BCUT2D eigenvalue weighted by atomic mass is 9.96. The Hall–Kier alpha value is -1.32. The van der Waals surface area contributed by atoms with Gasteiger partial charge < -0.3 is 9.94 Å². The Balaban J connectivity index is 1.99. The molecule has 0 unspecified atom stereocenters. The highest BCUT2D eigenvalue weighted by molar-refractivity contribution is 5.44. The van der Waals surface area contributed by atoms with Crippen molar-refractivity contribution in [1.82, 2.24) is 5.48 Å². The molecule has 0 amide bonds. The van der Waals surface area contributed by atoms with Gasteiger partial charge in [0.1, 0.15) is 0 Å². The molecule has 3 heteroatoms. The third-order valence-corrected chi connectivity index (χ3v) is 2.68. The number of benzene rings is 1. The van der Waals surface area contributed by atoms with Crippen LogP contribution in [0.2, 0.25) is 0 Å². The summed E-state index contributed by atoms with van der Waals surface area (Å²) in [5.41, 5.74) is 5.47. The van der Waals surface area contributed by atoms with E-state index in [9.17, 15) is 0 Å². The van der Waals surface area contributed by atoms with Gasteiger partial charge in [0.25, 0.3) is 0 Å². The molecule has 0 radical (unpaired) electrons. The highest BCUT2D eigenvalue weighted by Gasteiger charge is 2.10. The number of fused-ring (bicyclic) bond motifs is 1. The van der Waals surface area contributed by atoms with Crippen molar-refractivity contribution in [3.63, 3.8) is 0 Å². The summed E-state index contributed by atoms with van der Waals surface area (Å²) in [6, 6.07) is 6.13. The number of allylic oxidation sites excluding steroid dienone is 2. The van der Waals surface area contributed by atoms with Crippen LogP contribution in [0.25, 0.3) is 0 Å². The maximum absolute atomic E-state index is 8.65. The SMILES string of the molecule is OCCCNOc1cccc2c1CC=CC2. The lowest BCUT2D eigenvalue weighted by molar-refractivity contribution is 0.179. The minimum atomic E-state index is 0.187. The summed E-state index contributed by atoms with van der Waals surface area (Å²) in [6.07, 6.45) is 6.99. The smallest absolute Gasteiger partial charge is 0.150 e. The molecular formula is C13H17NO2. The molecule has 1 aromatic rings. The van der Waals surface area contributed by atoms with Crippen molar-refractivity contribution >= 4 is 0 Å². The van der Waals surface area contributed by atoms with Crippen LogP contribution < -0.4 is 10.3 Å². The van der Waals surface area contributed by atoms with Crippen LogP contribution in [0.4, 0.5) is 0 Å². The molecule has 0 heterocycles. The van der Waals surface area contributed by atoms with Gasteiger partial charge in [-0.1, -0.05) is 24.3 Å². The van der Waals surface area contributed by atoms with E-state index in [4.69, 9.17) is 9.94 Å². The van der Waals surface area contributed by atoms with E-state index in [1.165, 1.54) is 11.1 Å². The minimum Gasteiger partial charge on any atom is -0.408 e. The third kappa shape index (κ3) is 2.62. The lowest BCUT2D eigenvalue weighted by Gasteiger charge is -2.16. The van der Waals surface area contributed by atoms with Crippen molar-refractivity contribution in [2.45, 2.75) is 19.3 Å². The summed E-state index contributed by atoms with van der Waals surface area (Å²) in [4.78, 5) is 5.51. The first-order chi connectivity index (χ1) is 7.92. The predicted octanol–water partition coefficient (Wildman–Crippen LogP) is 1.61. The van der Waals surface area contributed by atoms with Gasteiger partial charge in [0.15, 0.2) is 5.75 Å². The van der Waals surface area contributed by atoms with Crippen LogP contribution in [0.3, 0.4) is 0 Å². The fourth-order valence-corrected chi connectivity index (χ4v) is 1.82. The zero-order chi connectivity index (χ0) is 11.2. The topological polar surface area (TPSA) is 41.5 Å². The van der Waals surface area contributed by atoms with Crippen LogP contribution in [0.1, 0.15) is 17.5 Å². The van der Waals surface area contributed by atoms with Crippen LogP contribution in [0.15, 0.2) is 30.4 Å². The van der Waals surface area contributed by atoms with Gasteiger partial charge in [-0.2, -0.15) is 5.48 Å². The van der Waals surface area contributed by atoms with Gasteiger partial charge >= 0.3 is 0 Å². The Labute approximate surface area is 95.7 Å². The van der Waals surface area contributed by atoms with Crippen molar-refractivity contribution in [2.24, 2.45) is 0 Å². The molecule has 1 aliphatic rings. The van der Waals surface area contributed by atoms with Crippen LogP contribution in [0, 0.1) is 0 Å². The van der Waals surface area contributed by atoms with E-state index < -0.39 is 0 Å². The highest BCUT2D eigenvalue weighted by Crippen LogP contribution is 2.26. The highest BCUT2D eigenvalue weighted by atomic mass is 16.6. The van der Waals surface area contributed by atoms with Gasteiger partial charge in [0.2, 0.25) is 0 Å². The molecule has 2 rings (SSSR count). The summed E-state index contributed by atoms with van der Waals surface area (Å²) in [5, 5.41) is 8.65. The van der Waals surface area contributed by atoms with Crippen LogP contribution in [-0.4, -0.2) is 18.3 Å². The van der Waals surface area contributed by atoms with Crippen molar-refractivity contribution in [3.05, 3.63) is 41.5 Å². The van der Waals surface area contributed by atoms with Crippen molar-refractivity contribution in [1.29, 1.82) is 0 Å². The molecule has 0 aromatic heterocycles. The van der Waals surface area contributed by atoms with Crippen molar-refractivity contribution < 1.29 is 9.94 Å².